The number of hydrogen-bond donors (Lipinski definition) is 0. The van der Waals surface area contributed by atoms with Gasteiger partial charge in [0.2, 0.25) is 0 Å². The predicted octanol–water partition coefficient (Wildman–Crippen LogP) is 5.66. The van der Waals surface area contributed by atoms with E-state index in [1.807, 2.05) is 12.1 Å². The van der Waals surface area contributed by atoms with Crippen LogP contribution in [0.4, 0.5) is 10.1 Å². The zero-order valence-corrected chi connectivity index (χ0v) is 16.7. The van der Waals surface area contributed by atoms with E-state index < -0.39 is 5.82 Å². The molecular formula is C17H10BrClFNO2S2. The van der Waals surface area contributed by atoms with Gasteiger partial charge in [0.15, 0.2) is 4.32 Å². The Bertz CT molecular complexity index is 920. The zero-order valence-electron chi connectivity index (χ0n) is 12.8. The number of carbonyl (C=O) groups excluding carboxylic acids is 1. The van der Waals surface area contributed by atoms with E-state index in [2.05, 4.69) is 15.9 Å². The summed E-state index contributed by atoms with van der Waals surface area (Å²) in [6, 6.07) is 9.55. The maximum atomic E-state index is 13.3. The number of thiocarbonyl (C=S) groups is 1. The molecule has 1 saturated heterocycles. The van der Waals surface area contributed by atoms with Crippen LogP contribution in [0.25, 0.3) is 6.08 Å². The number of carbonyl (C=O) groups is 1. The topological polar surface area (TPSA) is 29.5 Å². The molecule has 1 aliphatic rings. The summed E-state index contributed by atoms with van der Waals surface area (Å²) in [6.45, 7) is 0. The Morgan fingerprint density at radius 3 is 2.72 bits per heavy atom. The molecule has 1 fully saturated rings. The molecule has 3 rings (SSSR count). The minimum atomic E-state index is -0.547. The molecule has 0 unspecified atom stereocenters. The van der Waals surface area contributed by atoms with Gasteiger partial charge in [-0.3, -0.25) is 9.69 Å². The first-order valence-corrected chi connectivity index (χ1v) is 9.37. The van der Waals surface area contributed by atoms with Crippen molar-refractivity contribution in [1.82, 2.24) is 0 Å². The molecule has 0 saturated carbocycles. The van der Waals surface area contributed by atoms with Crippen molar-refractivity contribution >= 4 is 73.5 Å². The number of benzene rings is 2. The Morgan fingerprint density at radius 2 is 2.08 bits per heavy atom. The second-order valence-corrected chi connectivity index (χ2v) is 7.95. The molecule has 3 nitrogen and oxygen atoms in total. The summed E-state index contributed by atoms with van der Waals surface area (Å²) in [7, 11) is 1.58. The molecule has 1 aliphatic heterocycles. The van der Waals surface area contributed by atoms with Crippen LogP contribution < -0.4 is 9.64 Å². The summed E-state index contributed by atoms with van der Waals surface area (Å²) < 4.78 is 19.7. The lowest BCUT2D eigenvalue weighted by atomic mass is 10.2. The molecule has 0 N–H and O–H groups in total. The molecule has 128 valence electrons. The number of halogens is 3. The summed E-state index contributed by atoms with van der Waals surface area (Å²) in [6.07, 6.45) is 1.74. The second kappa shape index (κ2) is 7.45. The van der Waals surface area contributed by atoms with Crippen molar-refractivity contribution in [3.63, 3.8) is 0 Å². The van der Waals surface area contributed by atoms with E-state index in [1.165, 1.54) is 34.9 Å². The van der Waals surface area contributed by atoms with Gasteiger partial charge in [0.1, 0.15) is 11.6 Å². The van der Waals surface area contributed by atoms with Crippen LogP contribution in [0.2, 0.25) is 5.02 Å². The number of rotatable bonds is 3. The molecule has 0 aliphatic carbocycles. The van der Waals surface area contributed by atoms with Gasteiger partial charge in [-0.05, 0) is 57.9 Å². The van der Waals surface area contributed by atoms with Gasteiger partial charge in [-0.15, -0.1) is 0 Å². The SMILES string of the molecule is COc1ccc(/C=C2/SC(=S)N(c3ccc(F)c(Cl)c3)C2=O)cc1Br. The number of anilines is 1. The van der Waals surface area contributed by atoms with Crippen molar-refractivity contribution in [3.8, 4) is 5.75 Å². The normalized spacial score (nSPS) is 16.0. The first-order valence-electron chi connectivity index (χ1n) is 6.97. The van der Waals surface area contributed by atoms with Gasteiger partial charge in [-0.2, -0.15) is 0 Å². The van der Waals surface area contributed by atoms with Gasteiger partial charge in [0.25, 0.3) is 5.91 Å². The van der Waals surface area contributed by atoms with Gasteiger partial charge in [-0.25, -0.2) is 4.39 Å². The van der Waals surface area contributed by atoms with Crippen LogP contribution in [0.3, 0.4) is 0 Å². The highest BCUT2D eigenvalue weighted by atomic mass is 79.9. The monoisotopic (exact) mass is 457 g/mol. The molecule has 0 spiro atoms. The van der Waals surface area contributed by atoms with Crippen LogP contribution in [0.5, 0.6) is 5.75 Å². The van der Waals surface area contributed by atoms with Crippen LogP contribution >= 0.6 is 51.5 Å². The van der Waals surface area contributed by atoms with Crippen LogP contribution in [0.1, 0.15) is 5.56 Å². The fourth-order valence-corrected chi connectivity index (χ4v) is 4.27. The minimum absolute atomic E-state index is 0.0605. The second-order valence-electron chi connectivity index (χ2n) is 5.01. The highest BCUT2D eigenvalue weighted by molar-refractivity contribution is 9.10. The quantitative estimate of drug-likeness (QED) is 0.439. The lowest BCUT2D eigenvalue weighted by Gasteiger charge is -2.14. The molecule has 2 aromatic rings. The summed E-state index contributed by atoms with van der Waals surface area (Å²) in [5.41, 5.74) is 1.26. The summed E-state index contributed by atoms with van der Waals surface area (Å²) in [4.78, 5) is 14.5. The van der Waals surface area contributed by atoms with Crippen molar-refractivity contribution in [2.24, 2.45) is 0 Å². The third-order valence-corrected chi connectivity index (χ3v) is 5.64. The molecule has 0 bridgehead atoms. The van der Waals surface area contributed by atoms with Crippen LogP contribution in [-0.2, 0) is 4.79 Å². The fourth-order valence-electron chi connectivity index (χ4n) is 2.24. The number of ether oxygens (including phenoxy) is 1. The van der Waals surface area contributed by atoms with Crippen molar-refractivity contribution in [1.29, 1.82) is 0 Å². The first kappa shape index (κ1) is 18.4. The van der Waals surface area contributed by atoms with Gasteiger partial charge < -0.3 is 4.74 Å². The standard InChI is InChI=1S/C17H10BrClFNO2S2/c1-23-14-5-2-9(6-11(14)18)7-15-16(22)21(17(24)25-15)10-3-4-13(20)12(19)8-10/h2-8H,1H3/b15-7+. The van der Waals surface area contributed by atoms with Gasteiger partial charge >= 0.3 is 0 Å². The van der Waals surface area contributed by atoms with Crippen molar-refractivity contribution in [3.05, 3.63) is 62.2 Å². The fraction of sp³-hybridized carbons (Fsp3) is 0.0588. The van der Waals surface area contributed by atoms with Gasteiger partial charge in [0.05, 0.1) is 27.2 Å². The minimum Gasteiger partial charge on any atom is -0.496 e. The summed E-state index contributed by atoms with van der Waals surface area (Å²) >= 11 is 15.7. The van der Waals surface area contributed by atoms with Crippen LogP contribution in [0.15, 0.2) is 45.8 Å². The largest absolute Gasteiger partial charge is 0.496 e. The Hall–Kier alpha value is -1.41. The molecule has 2 aromatic carbocycles. The third kappa shape index (κ3) is 3.74. The number of hydrogen-bond acceptors (Lipinski definition) is 4. The smallest absolute Gasteiger partial charge is 0.270 e. The van der Waals surface area contributed by atoms with Crippen molar-refractivity contribution < 1.29 is 13.9 Å². The number of amides is 1. The maximum Gasteiger partial charge on any atom is 0.270 e. The highest BCUT2D eigenvalue weighted by Gasteiger charge is 2.33. The van der Waals surface area contributed by atoms with Crippen molar-refractivity contribution in [2.75, 3.05) is 12.0 Å². The molecular weight excluding hydrogens is 449 g/mol. The van der Waals surface area contributed by atoms with E-state index in [0.717, 1.165) is 10.0 Å². The van der Waals surface area contributed by atoms with Gasteiger partial charge in [0, 0.05) is 0 Å². The van der Waals surface area contributed by atoms with Crippen molar-refractivity contribution in [2.45, 2.75) is 0 Å². The van der Waals surface area contributed by atoms with Crippen LogP contribution in [0, 0.1) is 5.82 Å². The molecule has 0 radical (unpaired) electrons. The summed E-state index contributed by atoms with van der Waals surface area (Å²) in [5.74, 6) is -0.121. The van der Waals surface area contributed by atoms with E-state index in [1.54, 1.807) is 19.3 Å². The Balaban J connectivity index is 1.92. The Kier molecular flexibility index (Phi) is 5.48. The predicted molar refractivity (Wildman–Crippen MR) is 108 cm³/mol. The van der Waals surface area contributed by atoms with Gasteiger partial charge in [-0.1, -0.05) is 41.6 Å². The molecule has 25 heavy (non-hydrogen) atoms. The first-order chi connectivity index (χ1) is 11.9. The number of nitrogens with zero attached hydrogens (tertiary/aromatic N) is 1. The van der Waals surface area contributed by atoms with E-state index in [0.29, 0.717) is 20.7 Å². The average Bonchev–Trinajstić information content (AvgIpc) is 2.84. The molecule has 0 atom stereocenters. The number of methoxy groups -OCH3 is 1. The maximum absolute atomic E-state index is 13.3. The van der Waals surface area contributed by atoms with E-state index >= 15 is 0 Å². The molecule has 0 aromatic heterocycles. The molecule has 8 heteroatoms. The average molecular weight is 459 g/mol. The van der Waals surface area contributed by atoms with Crippen LogP contribution in [-0.4, -0.2) is 17.3 Å². The zero-order chi connectivity index (χ0) is 18.1. The van der Waals surface area contributed by atoms with E-state index in [-0.39, 0.29) is 10.9 Å². The van der Waals surface area contributed by atoms with E-state index in [9.17, 15) is 9.18 Å². The summed E-state index contributed by atoms with van der Waals surface area (Å²) in [5, 5.41) is -0.0605. The molecule has 1 heterocycles. The van der Waals surface area contributed by atoms with E-state index in [4.69, 9.17) is 28.6 Å². The highest BCUT2D eigenvalue weighted by Crippen LogP contribution is 2.37. The Morgan fingerprint density at radius 1 is 1.32 bits per heavy atom. The number of thioether (sulfide) groups is 1. The Labute approximate surface area is 166 Å². The lowest BCUT2D eigenvalue weighted by Crippen LogP contribution is -2.27. The lowest BCUT2D eigenvalue weighted by molar-refractivity contribution is -0.113. The third-order valence-electron chi connectivity index (χ3n) is 3.43. The molecule has 1 amide bonds.